The normalized spacial score (nSPS) is 38.3. The monoisotopic (exact) mass is 722 g/mol. The average molecular weight is 723 g/mol. The highest BCUT2D eigenvalue weighted by atomic mass is 16.4. The molecule has 0 radical (unpaired) electrons. The van der Waals surface area contributed by atoms with Crippen molar-refractivity contribution in [2.45, 2.75) is 125 Å². The van der Waals surface area contributed by atoms with E-state index in [4.69, 9.17) is 0 Å². The lowest BCUT2D eigenvalue weighted by molar-refractivity contribution is -0.246. The zero-order valence-corrected chi connectivity index (χ0v) is 32.9. The van der Waals surface area contributed by atoms with E-state index >= 15 is 0 Å². The second kappa shape index (κ2) is 13.4. The first kappa shape index (κ1) is 37.8. The Morgan fingerprint density at radius 2 is 1.42 bits per heavy atom. The van der Waals surface area contributed by atoms with Crippen molar-refractivity contribution in [3.63, 3.8) is 0 Å². The van der Waals surface area contributed by atoms with Crippen LogP contribution in [0.2, 0.25) is 0 Å². The number of carbonyl (C=O) groups excluding carboxylic acids is 2. The standard InChI is InChI=1S/C46H62N2O5/c1-28(2)33-16-21-46(41(53)48-27-29-10-8-12-31(24-29)39(50)47-26-30-11-9-13-32(25-30)40(51)52)23-22-44(6)34(38(33)46)14-15-36-43(5)19-18-37(49)42(3,4)35(43)17-20-45(36,44)7/h8-13,24-25,33-38,49H,1,14-23,26-27H2,2-7H3,(H,47,50)(H,48,53)(H,51,52)/t33-,34?,35?,36+,37-,38+,43-,44+,45+,46-/m0/s1. The molecule has 7 nitrogen and oxygen atoms in total. The molecule has 2 amide bonds. The van der Waals surface area contributed by atoms with Gasteiger partial charge in [-0.3, -0.25) is 9.59 Å². The first-order chi connectivity index (χ1) is 25.0. The number of amides is 2. The van der Waals surface area contributed by atoms with Gasteiger partial charge in [-0.1, -0.05) is 71.0 Å². The molecule has 0 aliphatic heterocycles. The maximum Gasteiger partial charge on any atom is 0.335 e. The fraction of sp³-hybridized carbons (Fsp3) is 0.630. The quantitative estimate of drug-likeness (QED) is 0.203. The molecule has 2 aromatic rings. The third-order valence-electron chi connectivity index (χ3n) is 16.8. The Morgan fingerprint density at radius 1 is 0.755 bits per heavy atom. The molecule has 10 atom stereocenters. The van der Waals surface area contributed by atoms with Crippen LogP contribution in [0.5, 0.6) is 0 Å². The van der Waals surface area contributed by atoms with Crippen molar-refractivity contribution in [3.8, 4) is 0 Å². The van der Waals surface area contributed by atoms with Gasteiger partial charge in [0.2, 0.25) is 5.91 Å². The number of fused-ring (bicyclic) bond motifs is 7. The SMILES string of the molecule is C=C(C)[C@@H]1CC[C@]2(C(=O)NCc3cccc(C(=O)NCc4cccc(C(=O)O)c4)c3)CC[C@]3(C)C(CC[C@@H]4[C@@]5(C)CC[C@H](O)C(C)(C)C5CC[C@]43C)[C@@H]12. The Balaban J connectivity index is 1.08. The summed E-state index contributed by atoms with van der Waals surface area (Å²) in [5, 5.41) is 26.7. The summed E-state index contributed by atoms with van der Waals surface area (Å²) >= 11 is 0. The third kappa shape index (κ3) is 5.90. The number of hydrogen-bond acceptors (Lipinski definition) is 4. The first-order valence-corrected chi connectivity index (χ1v) is 20.3. The van der Waals surface area contributed by atoms with Crippen molar-refractivity contribution < 1.29 is 24.6 Å². The van der Waals surface area contributed by atoms with E-state index in [1.165, 1.54) is 30.9 Å². The van der Waals surface area contributed by atoms with Crippen molar-refractivity contribution in [3.05, 3.63) is 82.9 Å². The summed E-state index contributed by atoms with van der Waals surface area (Å²) in [6, 6.07) is 14.0. The minimum absolute atomic E-state index is 0.0677. The fourth-order valence-electron chi connectivity index (χ4n) is 13.8. The Morgan fingerprint density at radius 3 is 2.09 bits per heavy atom. The first-order valence-electron chi connectivity index (χ1n) is 20.3. The van der Waals surface area contributed by atoms with Crippen LogP contribution in [0.25, 0.3) is 0 Å². The van der Waals surface area contributed by atoms with Crippen LogP contribution in [0.3, 0.4) is 0 Å². The molecule has 5 aliphatic carbocycles. The van der Waals surface area contributed by atoms with Crippen LogP contribution in [-0.4, -0.2) is 34.1 Å². The summed E-state index contributed by atoms with van der Waals surface area (Å²) in [6.07, 6.45) is 10.4. The number of hydrogen-bond donors (Lipinski definition) is 4. The van der Waals surface area contributed by atoms with E-state index < -0.39 is 11.4 Å². The van der Waals surface area contributed by atoms with Crippen molar-refractivity contribution in [2.24, 2.45) is 56.7 Å². The molecule has 0 aromatic heterocycles. The van der Waals surface area contributed by atoms with Gasteiger partial charge in [-0.2, -0.15) is 0 Å². The van der Waals surface area contributed by atoms with Gasteiger partial charge in [0.25, 0.3) is 5.91 Å². The van der Waals surface area contributed by atoms with E-state index in [-0.39, 0.29) is 57.6 Å². The lowest BCUT2D eigenvalue weighted by Gasteiger charge is -2.72. The number of carbonyl (C=O) groups is 3. The molecule has 0 spiro atoms. The number of nitrogens with one attached hydrogen (secondary N) is 2. The molecular weight excluding hydrogens is 661 g/mol. The minimum atomic E-state index is -1.00. The fourth-order valence-corrected chi connectivity index (χ4v) is 13.8. The average Bonchev–Trinajstić information content (AvgIpc) is 3.53. The van der Waals surface area contributed by atoms with Crippen LogP contribution in [-0.2, 0) is 17.9 Å². The van der Waals surface area contributed by atoms with E-state index in [1.54, 1.807) is 24.3 Å². The molecule has 2 unspecified atom stereocenters. The highest BCUT2D eigenvalue weighted by molar-refractivity contribution is 5.94. The molecule has 7 rings (SSSR count). The second-order valence-corrected chi connectivity index (χ2v) is 19.3. The number of carboxylic acids is 1. The van der Waals surface area contributed by atoms with Crippen LogP contribution >= 0.6 is 0 Å². The molecular formula is C46H62N2O5. The van der Waals surface area contributed by atoms with Crippen molar-refractivity contribution >= 4 is 17.8 Å². The zero-order chi connectivity index (χ0) is 38.1. The maximum atomic E-state index is 14.7. The van der Waals surface area contributed by atoms with Gasteiger partial charge in [-0.05, 0) is 158 Å². The summed E-state index contributed by atoms with van der Waals surface area (Å²) in [5.74, 6) is 1.12. The van der Waals surface area contributed by atoms with Gasteiger partial charge in [0.1, 0.15) is 0 Å². The van der Waals surface area contributed by atoms with Gasteiger partial charge in [-0.15, -0.1) is 0 Å². The number of aliphatic hydroxyl groups excluding tert-OH is 1. The Hall–Kier alpha value is -3.45. The zero-order valence-electron chi connectivity index (χ0n) is 32.9. The van der Waals surface area contributed by atoms with E-state index in [9.17, 15) is 24.6 Å². The van der Waals surface area contributed by atoms with Gasteiger partial charge in [-0.25, -0.2) is 4.79 Å². The summed E-state index contributed by atoms with van der Waals surface area (Å²) in [4.78, 5) is 39.2. The van der Waals surface area contributed by atoms with E-state index in [0.717, 1.165) is 50.5 Å². The molecule has 5 fully saturated rings. The van der Waals surface area contributed by atoms with Crippen LogP contribution in [0.15, 0.2) is 60.7 Å². The lowest BCUT2D eigenvalue weighted by atomic mass is 9.32. The van der Waals surface area contributed by atoms with Gasteiger partial charge < -0.3 is 20.8 Å². The number of aromatic carboxylic acids is 1. The van der Waals surface area contributed by atoms with E-state index in [1.807, 2.05) is 18.2 Å². The number of carboxylic acid groups (broad SMARTS) is 1. The molecule has 2 aromatic carbocycles. The molecule has 4 N–H and O–H groups in total. The van der Waals surface area contributed by atoms with Gasteiger partial charge in [0, 0.05) is 18.7 Å². The summed E-state index contributed by atoms with van der Waals surface area (Å²) < 4.78 is 0. The van der Waals surface area contributed by atoms with Crippen LogP contribution in [0.1, 0.15) is 138 Å². The lowest BCUT2D eigenvalue weighted by Crippen LogP contribution is -2.67. The summed E-state index contributed by atoms with van der Waals surface area (Å²) in [5.41, 5.74) is 3.54. The topological polar surface area (TPSA) is 116 Å². The maximum absolute atomic E-state index is 14.7. The van der Waals surface area contributed by atoms with Crippen molar-refractivity contribution in [2.75, 3.05) is 0 Å². The summed E-state index contributed by atoms with van der Waals surface area (Å²) in [6.45, 7) is 19.7. The Bertz CT molecular complexity index is 1800. The highest BCUT2D eigenvalue weighted by Gasteiger charge is 2.71. The molecule has 0 saturated heterocycles. The van der Waals surface area contributed by atoms with E-state index in [2.05, 4.69) is 58.8 Å². The molecule has 0 bridgehead atoms. The van der Waals surface area contributed by atoms with Crippen LogP contribution < -0.4 is 10.6 Å². The number of allylic oxidation sites excluding steroid dienone is 1. The Labute approximate surface area is 316 Å². The predicted molar refractivity (Wildman–Crippen MR) is 208 cm³/mol. The molecule has 7 heteroatoms. The number of aliphatic hydroxyl groups is 1. The van der Waals surface area contributed by atoms with Crippen molar-refractivity contribution in [1.82, 2.24) is 10.6 Å². The number of benzene rings is 2. The van der Waals surface area contributed by atoms with Gasteiger partial charge in [0.05, 0.1) is 17.1 Å². The Kier molecular flexibility index (Phi) is 9.56. The van der Waals surface area contributed by atoms with Gasteiger partial charge in [0.15, 0.2) is 0 Å². The molecule has 53 heavy (non-hydrogen) atoms. The highest BCUT2D eigenvalue weighted by Crippen LogP contribution is 2.77. The van der Waals surface area contributed by atoms with Gasteiger partial charge >= 0.3 is 5.97 Å². The van der Waals surface area contributed by atoms with Crippen LogP contribution in [0.4, 0.5) is 0 Å². The van der Waals surface area contributed by atoms with E-state index in [0.29, 0.717) is 41.3 Å². The predicted octanol–water partition coefficient (Wildman–Crippen LogP) is 8.95. The second-order valence-electron chi connectivity index (χ2n) is 19.3. The molecule has 5 saturated carbocycles. The molecule has 0 heterocycles. The molecule has 286 valence electrons. The third-order valence-corrected chi connectivity index (χ3v) is 16.8. The molecule has 5 aliphatic rings. The van der Waals surface area contributed by atoms with Crippen LogP contribution in [0, 0.1) is 56.7 Å². The number of rotatable bonds is 8. The largest absolute Gasteiger partial charge is 0.478 e. The minimum Gasteiger partial charge on any atom is -0.478 e. The summed E-state index contributed by atoms with van der Waals surface area (Å²) in [7, 11) is 0. The van der Waals surface area contributed by atoms with Crippen molar-refractivity contribution in [1.29, 1.82) is 0 Å². The smallest absolute Gasteiger partial charge is 0.335 e.